The van der Waals surface area contributed by atoms with E-state index in [2.05, 4.69) is 15.5 Å². The van der Waals surface area contributed by atoms with Crippen LogP contribution in [-0.2, 0) is 4.79 Å². The van der Waals surface area contributed by atoms with Gasteiger partial charge < -0.3 is 20.3 Å². The van der Waals surface area contributed by atoms with Crippen LogP contribution in [0.1, 0.15) is 13.8 Å². The van der Waals surface area contributed by atoms with Gasteiger partial charge in [0.15, 0.2) is 0 Å². The highest BCUT2D eigenvalue weighted by molar-refractivity contribution is 5.92. The van der Waals surface area contributed by atoms with Crippen LogP contribution in [0.25, 0.3) is 0 Å². The maximum absolute atomic E-state index is 11.7. The summed E-state index contributed by atoms with van der Waals surface area (Å²) in [4.78, 5) is 13.8. The maximum atomic E-state index is 11.7. The Morgan fingerprint density at radius 3 is 2.75 bits per heavy atom. The molecule has 0 fully saturated rings. The minimum absolute atomic E-state index is 0.0517. The fraction of sp³-hybridized carbons (Fsp3) is 0.533. The molecular weight excluding hydrogens is 254 g/mol. The van der Waals surface area contributed by atoms with Crippen LogP contribution >= 0.6 is 0 Å². The van der Waals surface area contributed by atoms with Crippen LogP contribution in [0.15, 0.2) is 24.3 Å². The summed E-state index contributed by atoms with van der Waals surface area (Å²) in [5, 5.41) is 5.92. The van der Waals surface area contributed by atoms with Gasteiger partial charge in [-0.05, 0) is 26.2 Å². The first kappa shape index (κ1) is 16.5. The molecule has 0 spiro atoms. The molecule has 0 aliphatic heterocycles. The van der Waals surface area contributed by atoms with E-state index in [-0.39, 0.29) is 5.91 Å². The minimum atomic E-state index is -0.0517. The smallest absolute Gasteiger partial charge is 0.238 e. The first-order valence-corrected chi connectivity index (χ1v) is 6.88. The molecule has 0 aromatic heterocycles. The van der Waals surface area contributed by atoms with Crippen molar-refractivity contribution in [3.63, 3.8) is 0 Å². The summed E-state index contributed by atoms with van der Waals surface area (Å²) in [5.41, 5.74) is 0.753. The van der Waals surface area contributed by atoms with Gasteiger partial charge in [0.05, 0.1) is 6.54 Å². The number of carbonyl (C=O) groups is 1. The highest BCUT2D eigenvalue weighted by Gasteiger charge is 2.04. The summed E-state index contributed by atoms with van der Waals surface area (Å²) < 4.78 is 5.63. The van der Waals surface area contributed by atoms with Gasteiger partial charge in [-0.3, -0.25) is 4.79 Å². The zero-order chi connectivity index (χ0) is 15.0. The molecule has 5 nitrogen and oxygen atoms in total. The molecule has 0 saturated carbocycles. The molecule has 5 heteroatoms. The van der Waals surface area contributed by atoms with Crippen molar-refractivity contribution in [2.75, 3.05) is 39.1 Å². The van der Waals surface area contributed by atoms with Crippen LogP contribution in [0, 0.1) is 0 Å². The molecule has 1 rings (SSSR count). The van der Waals surface area contributed by atoms with Gasteiger partial charge in [0.1, 0.15) is 12.4 Å². The lowest BCUT2D eigenvalue weighted by Crippen LogP contribution is -2.32. The molecule has 0 aliphatic carbocycles. The van der Waals surface area contributed by atoms with Crippen molar-refractivity contribution in [1.82, 2.24) is 10.2 Å². The second-order valence-electron chi connectivity index (χ2n) is 5.26. The summed E-state index contributed by atoms with van der Waals surface area (Å²) in [7, 11) is 4.00. The molecule has 0 heterocycles. The number of nitrogens with zero attached hydrogens (tertiary/aromatic N) is 1. The summed E-state index contributed by atoms with van der Waals surface area (Å²) in [6.45, 7) is 5.80. The fourth-order valence-electron chi connectivity index (χ4n) is 1.51. The molecule has 0 atom stereocenters. The lowest BCUT2D eigenvalue weighted by molar-refractivity contribution is -0.115. The lowest BCUT2D eigenvalue weighted by Gasteiger charge is -2.12. The molecular formula is C15H25N3O2. The summed E-state index contributed by atoms with van der Waals surface area (Å²) in [6, 6.07) is 7.74. The number of hydrogen-bond donors (Lipinski definition) is 2. The zero-order valence-electron chi connectivity index (χ0n) is 12.8. The summed E-state index contributed by atoms with van der Waals surface area (Å²) in [5.74, 6) is 0.714. The van der Waals surface area contributed by atoms with Crippen molar-refractivity contribution in [3.8, 4) is 5.75 Å². The number of hydrogen-bond acceptors (Lipinski definition) is 4. The van der Waals surface area contributed by atoms with Crippen molar-refractivity contribution >= 4 is 11.6 Å². The van der Waals surface area contributed by atoms with Crippen LogP contribution in [-0.4, -0.2) is 50.6 Å². The Morgan fingerprint density at radius 1 is 1.35 bits per heavy atom. The highest BCUT2D eigenvalue weighted by atomic mass is 16.5. The topological polar surface area (TPSA) is 53.6 Å². The Morgan fingerprint density at radius 2 is 2.10 bits per heavy atom. The Labute approximate surface area is 121 Å². The molecule has 0 radical (unpaired) electrons. The number of likely N-dealkylation sites (N-methyl/N-ethyl adjacent to an activating group) is 1. The third-order valence-electron chi connectivity index (χ3n) is 2.60. The van der Waals surface area contributed by atoms with Crippen LogP contribution in [0.2, 0.25) is 0 Å². The zero-order valence-corrected chi connectivity index (χ0v) is 12.8. The molecule has 0 aliphatic rings. The van der Waals surface area contributed by atoms with Gasteiger partial charge in [-0.25, -0.2) is 0 Å². The monoisotopic (exact) mass is 279 g/mol. The Bertz CT molecular complexity index is 419. The second kappa shape index (κ2) is 8.55. The van der Waals surface area contributed by atoms with Gasteiger partial charge in [-0.15, -0.1) is 0 Å². The fourth-order valence-corrected chi connectivity index (χ4v) is 1.51. The second-order valence-corrected chi connectivity index (χ2v) is 5.26. The molecule has 20 heavy (non-hydrogen) atoms. The summed E-state index contributed by atoms with van der Waals surface area (Å²) in [6.07, 6.45) is 0. The van der Waals surface area contributed by atoms with E-state index in [1.807, 2.05) is 52.2 Å². The van der Waals surface area contributed by atoms with Crippen molar-refractivity contribution < 1.29 is 9.53 Å². The van der Waals surface area contributed by atoms with Gasteiger partial charge >= 0.3 is 0 Å². The number of amides is 1. The molecule has 0 bridgehead atoms. The first-order chi connectivity index (χ1) is 9.47. The average molecular weight is 279 g/mol. The third-order valence-corrected chi connectivity index (χ3v) is 2.60. The van der Waals surface area contributed by atoms with E-state index in [4.69, 9.17) is 4.74 Å². The summed E-state index contributed by atoms with van der Waals surface area (Å²) >= 11 is 0. The molecule has 1 aromatic carbocycles. The minimum Gasteiger partial charge on any atom is -0.492 e. The van der Waals surface area contributed by atoms with Gasteiger partial charge in [0.2, 0.25) is 5.91 Å². The van der Waals surface area contributed by atoms with E-state index in [0.29, 0.717) is 19.2 Å². The van der Waals surface area contributed by atoms with Gasteiger partial charge in [-0.1, -0.05) is 19.9 Å². The number of nitrogens with one attached hydrogen (secondary N) is 2. The van der Waals surface area contributed by atoms with Crippen LogP contribution < -0.4 is 15.4 Å². The molecule has 2 N–H and O–H groups in total. The third kappa shape index (κ3) is 7.11. The predicted octanol–water partition coefficient (Wildman–Crippen LogP) is 1.56. The van der Waals surface area contributed by atoms with Gasteiger partial charge in [0.25, 0.3) is 0 Å². The van der Waals surface area contributed by atoms with Crippen molar-refractivity contribution in [2.24, 2.45) is 0 Å². The Kier molecular flexibility index (Phi) is 7.04. The molecule has 112 valence electrons. The highest BCUT2D eigenvalue weighted by Crippen LogP contribution is 2.17. The standard InChI is InChI=1S/C15H25N3O2/c1-12(2)16-11-15(19)17-13-6-5-7-14(10-13)20-9-8-18(3)4/h5-7,10,12,16H,8-9,11H2,1-4H3,(H,17,19). The molecule has 0 saturated heterocycles. The van der Waals surface area contributed by atoms with Crippen LogP contribution in [0.4, 0.5) is 5.69 Å². The SMILES string of the molecule is CC(C)NCC(=O)Nc1cccc(OCCN(C)C)c1. The van der Waals surface area contributed by atoms with Crippen LogP contribution in [0.5, 0.6) is 5.75 Å². The first-order valence-electron chi connectivity index (χ1n) is 6.88. The van der Waals surface area contributed by atoms with Crippen molar-refractivity contribution in [2.45, 2.75) is 19.9 Å². The maximum Gasteiger partial charge on any atom is 0.238 e. The van der Waals surface area contributed by atoms with Crippen molar-refractivity contribution in [1.29, 1.82) is 0 Å². The van der Waals surface area contributed by atoms with E-state index < -0.39 is 0 Å². The van der Waals surface area contributed by atoms with Crippen LogP contribution in [0.3, 0.4) is 0 Å². The lowest BCUT2D eigenvalue weighted by atomic mass is 10.3. The largest absolute Gasteiger partial charge is 0.492 e. The average Bonchev–Trinajstić information content (AvgIpc) is 2.36. The van der Waals surface area contributed by atoms with Gasteiger partial charge in [-0.2, -0.15) is 0 Å². The quantitative estimate of drug-likeness (QED) is 0.758. The number of ether oxygens (including phenoxy) is 1. The Balaban J connectivity index is 2.44. The van der Waals surface area contributed by atoms with E-state index in [1.165, 1.54) is 0 Å². The van der Waals surface area contributed by atoms with E-state index in [0.717, 1.165) is 18.0 Å². The predicted molar refractivity (Wildman–Crippen MR) is 82.3 cm³/mol. The molecule has 0 unspecified atom stereocenters. The normalized spacial score (nSPS) is 10.9. The van der Waals surface area contributed by atoms with Crippen molar-refractivity contribution in [3.05, 3.63) is 24.3 Å². The number of benzene rings is 1. The van der Waals surface area contributed by atoms with E-state index in [9.17, 15) is 4.79 Å². The van der Waals surface area contributed by atoms with E-state index >= 15 is 0 Å². The Hall–Kier alpha value is -1.59. The number of carbonyl (C=O) groups excluding carboxylic acids is 1. The molecule has 1 aromatic rings. The number of anilines is 1. The number of rotatable bonds is 8. The van der Waals surface area contributed by atoms with E-state index in [1.54, 1.807) is 0 Å². The van der Waals surface area contributed by atoms with Gasteiger partial charge in [0, 0.05) is 24.3 Å². The molecule has 1 amide bonds.